The Morgan fingerprint density at radius 1 is 1.71 bits per heavy atom. The first kappa shape index (κ1) is 6.82. The molecule has 0 aromatic heterocycles. The molecule has 0 spiro atoms. The highest BCUT2D eigenvalue weighted by atomic mass is 19.3. The predicted octanol–water partition coefficient (Wildman–Crippen LogP) is 1.24. The van der Waals surface area contributed by atoms with E-state index in [0.29, 0.717) is 0 Å². The van der Waals surface area contributed by atoms with Gasteiger partial charge >= 0.3 is 0 Å². The van der Waals surface area contributed by atoms with Crippen molar-refractivity contribution in [3.05, 3.63) is 0 Å². The molecular formula is C4H11F2N. The second-order valence-corrected chi connectivity index (χ2v) is 1.41. The van der Waals surface area contributed by atoms with E-state index < -0.39 is 12.5 Å². The molecule has 0 aliphatic rings. The van der Waals surface area contributed by atoms with E-state index >= 15 is 0 Å². The Kier molecular flexibility index (Phi) is 2.15. The third kappa shape index (κ3) is 2.51. The van der Waals surface area contributed by atoms with Gasteiger partial charge in [0.1, 0.15) is 0 Å². The molecule has 3 heteroatoms. The van der Waals surface area contributed by atoms with Crippen LogP contribution in [-0.2, 0) is 0 Å². The van der Waals surface area contributed by atoms with Gasteiger partial charge in [-0.15, -0.1) is 0 Å². The molecular weight excluding hydrogens is 100 g/mol. The topological polar surface area (TPSA) is 26.0 Å². The Morgan fingerprint density at radius 2 is 2.14 bits per heavy atom. The smallest absolute Gasteiger partial charge is 0.259 e. The molecule has 7 heavy (non-hydrogen) atoms. The Labute approximate surface area is 43.0 Å². The number of alkyl halides is 2. The molecule has 0 aromatic carbocycles. The van der Waals surface area contributed by atoms with Gasteiger partial charge in [0.15, 0.2) is 0 Å². The molecule has 0 aromatic rings. The lowest BCUT2D eigenvalue weighted by molar-refractivity contribution is 0.00712. The maximum atomic E-state index is 11.8. The van der Waals surface area contributed by atoms with Crippen LogP contribution < -0.4 is 5.73 Å². The minimum absolute atomic E-state index is 0. The van der Waals surface area contributed by atoms with E-state index in [1.165, 1.54) is 6.92 Å². The van der Waals surface area contributed by atoms with Crippen molar-refractivity contribution in [1.29, 1.82) is 0 Å². The normalized spacial score (nSPS) is 12.0. The largest absolute Gasteiger partial charge is 0.325 e. The van der Waals surface area contributed by atoms with Gasteiger partial charge in [-0.2, -0.15) is 0 Å². The van der Waals surface area contributed by atoms with Gasteiger partial charge in [0.25, 0.3) is 5.92 Å². The van der Waals surface area contributed by atoms with E-state index in [-0.39, 0.29) is 7.85 Å². The van der Waals surface area contributed by atoms with Gasteiger partial charge in [-0.3, -0.25) is 0 Å². The molecule has 0 saturated carbocycles. The molecule has 0 fully saturated rings. The van der Waals surface area contributed by atoms with Crippen molar-refractivity contribution in [2.45, 2.75) is 19.3 Å². The van der Waals surface area contributed by atoms with E-state index in [2.05, 4.69) is 5.73 Å². The second kappa shape index (κ2) is 2.21. The van der Waals surface area contributed by atoms with Crippen molar-refractivity contribution in [1.82, 2.24) is 0 Å². The fourth-order valence-electron chi connectivity index (χ4n) is 0.144. The molecule has 0 saturated heterocycles. The summed E-state index contributed by atoms with van der Waals surface area (Å²) in [5.74, 6) is -2.64. The number of hydrogen-bond donors (Lipinski definition) is 1. The van der Waals surface area contributed by atoms with Crippen molar-refractivity contribution < 1.29 is 10.2 Å². The van der Waals surface area contributed by atoms with Crippen LogP contribution in [0.15, 0.2) is 0 Å². The van der Waals surface area contributed by atoms with Gasteiger partial charge in [0, 0.05) is 7.85 Å². The zero-order valence-corrected chi connectivity index (χ0v) is 4.25. The van der Waals surface area contributed by atoms with Crippen LogP contribution in [0.3, 0.4) is 0 Å². The molecule has 0 radical (unpaired) electrons. The van der Waals surface area contributed by atoms with Crippen molar-refractivity contribution in [2.24, 2.45) is 5.73 Å². The highest BCUT2D eigenvalue weighted by molar-refractivity contribution is 4.61. The summed E-state index contributed by atoms with van der Waals surface area (Å²) in [5, 5.41) is 0. The van der Waals surface area contributed by atoms with Crippen LogP contribution in [0.25, 0.3) is 0 Å². The third-order valence-electron chi connectivity index (χ3n) is 0.816. The molecule has 0 heterocycles. The number of halogens is 2. The monoisotopic (exact) mass is 111 g/mol. The van der Waals surface area contributed by atoms with Crippen LogP contribution in [0.5, 0.6) is 0 Å². The predicted molar refractivity (Wildman–Crippen MR) is 26.4 cm³/mol. The lowest BCUT2D eigenvalue weighted by atomic mass is 10.3. The molecule has 0 unspecified atom stereocenters. The van der Waals surface area contributed by atoms with Crippen LogP contribution in [-0.4, -0.2) is 12.5 Å². The number of hydrogen-bond acceptors (Lipinski definition) is 1. The van der Waals surface area contributed by atoms with Gasteiger partial charge in [-0.05, 0) is 0 Å². The van der Waals surface area contributed by atoms with Gasteiger partial charge in [-0.25, -0.2) is 8.78 Å². The minimum Gasteiger partial charge on any atom is -0.325 e. The molecule has 0 rings (SSSR count). The Hall–Kier alpha value is -0.180. The average Bonchev–Trinajstić information content (AvgIpc) is 1.68. The molecule has 0 bridgehead atoms. The molecule has 0 aliphatic heterocycles. The van der Waals surface area contributed by atoms with Gasteiger partial charge < -0.3 is 5.73 Å². The van der Waals surface area contributed by atoms with E-state index in [1.54, 1.807) is 0 Å². The lowest BCUT2D eigenvalue weighted by Gasteiger charge is -2.08. The third-order valence-corrected chi connectivity index (χ3v) is 0.816. The highest BCUT2D eigenvalue weighted by Gasteiger charge is 2.22. The van der Waals surface area contributed by atoms with E-state index in [4.69, 9.17) is 0 Å². The van der Waals surface area contributed by atoms with Gasteiger partial charge in [0.05, 0.1) is 6.54 Å². The zero-order valence-electron chi connectivity index (χ0n) is 4.25. The average molecular weight is 111 g/mol. The van der Waals surface area contributed by atoms with Crippen LogP contribution in [0, 0.1) is 0 Å². The summed E-state index contributed by atoms with van der Waals surface area (Å²) in [6.07, 6.45) is -0.163. The Morgan fingerprint density at radius 3 is 2.14 bits per heavy atom. The number of rotatable bonds is 2. The standard InChI is InChI=1S/C4H9F2N.H2/c1-2-4(5,6)3-7;/h2-3,7H2,1H3;1H. The summed E-state index contributed by atoms with van der Waals surface area (Å²) in [7, 11) is 0. The van der Waals surface area contributed by atoms with Gasteiger partial charge in [-0.1, -0.05) is 6.92 Å². The maximum absolute atomic E-state index is 11.8. The van der Waals surface area contributed by atoms with Crippen LogP contribution in [0.2, 0.25) is 0 Å². The highest BCUT2D eigenvalue weighted by Crippen LogP contribution is 2.13. The first-order valence-corrected chi connectivity index (χ1v) is 2.20. The molecule has 0 amide bonds. The van der Waals surface area contributed by atoms with Crippen LogP contribution in [0.1, 0.15) is 14.8 Å². The summed E-state index contributed by atoms with van der Waals surface area (Å²) in [6, 6.07) is 0. The summed E-state index contributed by atoms with van der Waals surface area (Å²) in [4.78, 5) is 0. The molecule has 0 aliphatic carbocycles. The fraction of sp³-hybridized carbons (Fsp3) is 1.00. The van der Waals surface area contributed by atoms with E-state index in [1.807, 2.05) is 0 Å². The van der Waals surface area contributed by atoms with Crippen LogP contribution >= 0.6 is 0 Å². The van der Waals surface area contributed by atoms with Crippen molar-refractivity contribution >= 4 is 0 Å². The molecule has 2 N–H and O–H groups in total. The molecule has 1 nitrogen and oxygen atoms in total. The summed E-state index contributed by atoms with van der Waals surface area (Å²) >= 11 is 0. The summed E-state index contributed by atoms with van der Waals surface area (Å²) in [6.45, 7) is 0.871. The van der Waals surface area contributed by atoms with E-state index in [0.717, 1.165) is 0 Å². The lowest BCUT2D eigenvalue weighted by Crippen LogP contribution is -2.26. The maximum Gasteiger partial charge on any atom is 0.259 e. The molecule has 46 valence electrons. The Balaban J connectivity index is 0. The van der Waals surface area contributed by atoms with Crippen molar-refractivity contribution in [3.63, 3.8) is 0 Å². The first-order valence-electron chi connectivity index (χ1n) is 2.20. The van der Waals surface area contributed by atoms with Gasteiger partial charge in [0.2, 0.25) is 0 Å². The quantitative estimate of drug-likeness (QED) is 0.570. The summed E-state index contributed by atoms with van der Waals surface area (Å²) in [5.41, 5.74) is 4.67. The fourth-order valence-corrected chi connectivity index (χ4v) is 0.144. The zero-order chi connectivity index (χ0) is 5.91. The summed E-state index contributed by atoms with van der Waals surface area (Å²) < 4.78 is 23.5. The van der Waals surface area contributed by atoms with Crippen LogP contribution in [0.4, 0.5) is 8.78 Å². The SMILES string of the molecule is CCC(F)(F)CN.[HH]. The van der Waals surface area contributed by atoms with E-state index in [9.17, 15) is 8.78 Å². The second-order valence-electron chi connectivity index (χ2n) is 1.41. The van der Waals surface area contributed by atoms with Crippen molar-refractivity contribution in [2.75, 3.05) is 6.54 Å². The number of nitrogens with two attached hydrogens (primary N) is 1. The molecule has 0 atom stereocenters. The minimum atomic E-state index is -2.64. The Bertz CT molecular complexity index is 52.0. The first-order chi connectivity index (χ1) is 3.12. The van der Waals surface area contributed by atoms with Crippen molar-refractivity contribution in [3.8, 4) is 0 Å².